The van der Waals surface area contributed by atoms with Crippen LogP contribution in [0.4, 0.5) is 0 Å². The second-order valence-corrected chi connectivity index (χ2v) is 6.90. The third kappa shape index (κ3) is 11.2. The quantitative estimate of drug-likeness (QED) is 0.303. The summed E-state index contributed by atoms with van der Waals surface area (Å²) >= 11 is 0. The van der Waals surface area contributed by atoms with Gasteiger partial charge in [0.25, 0.3) is 10.1 Å². The zero-order valence-corrected chi connectivity index (χ0v) is 13.1. The number of hydrogen-bond donors (Lipinski definition) is 1. The molecule has 1 atom stereocenters. The average molecular weight is 290 g/mol. The predicted molar refractivity (Wildman–Crippen MR) is 82.0 cm³/mol. The van der Waals surface area contributed by atoms with Gasteiger partial charge in [0.15, 0.2) is 0 Å². The molecule has 0 aliphatic carbocycles. The topological polar surface area (TPSA) is 54.4 Å². The first-order chi connectivity index (χ1) is 9.02. The van der Waals surface area contributed by atoms with Crippen LogP contribution < -0.4 is 0 Å². The van der Waals surface area contributed by atoms with Crippen molar-refractivity contribution in [2.75, 3.05) is 0 Å². The maximum absolute atomic E-state index is 10.9. The van der Waals surface area contributed by atoms with Gasteiger partial charge in [-0.1, -0.05) is 77.2 Å². The molecule has 0 heterocycles. The van der Waals surface area contributed by atoms with Gasteiger partial charge in [-0.25, -0.2) is 0 Å². The number of rotatable bonds is 13. The Labute approximate surface area is 119 Å². The normalized spacial score (nSPS) is 13.4. The van der Waals surface area contributed by atoms with Crippen molar-refractivity contribution in [3.05, 3.63) is 12.7 Å². The summed E-state index contributed by atoms with van der Waals surface area (Å²) in [6.07, 6.45) is 14.0. The lowest BCUT2D eigenvalue weighted by Gasteiger charge is -2.08. The van der Waals surface area contributed by atoms with Crippen molar-refractivity contribution in [3.63, 3.8) is 0 Å². The molecule has 0 bridgehead atoms. The smallest absolute Gasteiger partial charge is 0.271 e. The van der Waals surface area contributed by atoms with Crippen molar-refractivity contribution in [3.8, 4) is 0 Å². The van der Waals surface area contributed by atoms with Crippen LogP contribution in [0.1, 0.15) is 77.6 Å². The molecule has 0 amide bonds. The third-order valence-corrected chi connectivity index (χ3v) is 4.68. The van der Waals surface area contributed by atoms with E-state index in [1.807, 2.05) is 0 Å². The van der Waals surface area contributed by atoms with Crippen molar-refractivity contribution >= 4 is 10.1 Å². The van der Waals surface area contributed by atoms with Crippen molar-refractivity contribution in [2.45, 2.75) is 82.8 Å². The van der Waals surface area contributed by atoms with Crippen LogP contribution >= 0.6 is 0 Å². The van der Waals surface area contributed by atoms with Crippen LogP contribution in [0.2, 0.25) is 0 Å². The first kappa shape index (κ1) is 18.7. The fourth-order valence-electron chi connectivity index (χ4n) is 2.22. The Bertz CT molecular complexity index is 309. The Morgan fingerprint density at radius 3 is 1.74 bits per heavy atom. The van der Waals surface area contributed by atoms with Crippen molar-refractivity contribution in [1.82, 2.24) is 0 Å². The highest BCUT2D eigenvalue weighted by Gasteiger charge is 2.18. The van der Waals surface area contributed by atoms with Gasteiger partial charge in [-0.3, -0.25) is 4.55 Å². The van der Waals surface area contributed by atoms with E-state index in [2.05, 4.69) is 13.5 Å². The van der Waals surface area contributed by atoms with Crippen LogP contribution in [0.15, 0.2) is 12.7 Å². The minimum atomic E-state index is -3.94. The Morgan fingerprint density at radius 1 is 0.947 bits per heavy atom. The molecule has 0 radical (unpaired) electrons. The molecule has 114 valence electrons. The summed E-state index contributed by atoms with van der Waals surface area (Å²) in [6.45, 7) is 5.68. The highest BCUT2D eigenvalue weighted by molar-refractivity contribution is 7.86. The molecule has 3 nitrogen and oxygen atoms in total. The van der Waals surface area contributed by atoms with Crippen molar-refractivity contribution in [1.29, 1.82) is 0 Å². The minimum Gasteiger partial charge on any atom is -0.285 e. The van der Waals surface area contributed by atoms with E-state index in [9.17, 15) is 8.42 Å². The monoisotopic (exact) mass is 290 g/mol. The van der Waals surface area contributed by atoms with Crippen LogP contribution in [0.3, 0.4) is 0 Å². The number of hydrogen-bond acceptors (Lipinski definition) is 2. The third-order valence-electron chi connectivity index (χ3n) is 3.49. The molecule has 0 aliphatic heterocycles. The SMILES string of the molecule is C=CC(CCCCCCCCCCCC)S(=O)(=O)O. The molecule has 0 rings (SSSR count). The molecule has 4 heteroatoms. The number of unbranched alkanes of at least 4 members (excludes halogenated alkanes) is 9. The first-order valence-electron chi connectivity index (χ1n) is 7.61. The molecule has 0 saturated heterocycles. The molecule has 0 aromatic rings. The summed E-state index contributed by atoms with van der Waals surface area (Å²) in [4.78, 5) is 0. The van der Waals surface area contributed by atoms with Crippen molar-refractivity contribution in [2.24, 2.45) is 0 Å². The lowest BCUT2D eigenvalue weighted by molar-refractivity contribution is 0.467. The summed E-state index contributed by atoms with van der Waals surface area (Å²) < 4.78 is 30.8. The second-order valence-electron chi connectivity index (χ2n) is 5.26. The van der Waals surface area contributed by atoms with Gasteiger partial charge >= 0.3 is 0 Å². The van der Waals surface area contributed by atoms with E-state index in [-0.39, 0.29) is 0 Å². The van der Waals surface area contributed by atoms with Gasteiger partial charge in [0, 0.05) is 0 Å². The van der Waals surface area contributed by atoms with Crippen LogP contribution in [0, 0.1) is 0 Å². The Kier molecular flexibility index (Phi) is 11.3. The molecular formula is C15H30O3S. The predicted octanol–water partition coefficient (Wildman–Crippen LogP) is 4.74. The maximum atomic E-state index is 10.9. The van der Waals surface area contributed by atoms with Gasteiger partial charge in [0.1, 0.15) is 5.25 Å². The summed E-state index contributed by atoms with van der Waals surface area (Å²) in [5, 5.41) is -0.790. The molecule has 0 aromatic carbocycles. The Balaban J connectivity index is 3.38. The minimum absolute atomic E-state index is 0.485. The summed E-state index contributed by atoms with van der Waals surface area (Å²) in [7, 11) is -3.94. The molecule has 0 aliphatic rings. The van der Waals surface area contributed by atoms with Gasteiger partial charge in [0.2, 0.25) is 0 Å². The fourth-order valence-corrected chi connectivity index (χ4v) is 2.93. The summed E-state index contributed by atoms with van der Waals surface area (Å²) in [5.41, 5.74) is 0. The average Bonchev–Trinajstić information content (AvgIpc) is 2.34. The standard InChI is InChI=1S/C15H30O3S/c1-3-5-6-7-8-9-10-11-12-13-14-15(4-2)19(16,17)18/h4,15H,2-3,5-14H2,1H3,(H,16,17,18). The van der Waals surface area contributed by atoms with Crippen LogP contribution in [0.25, 0.3) is 0 Å². The molecule has 0 aromatic heterocycles. The Morgan fingerprint density at radius 2 is 1.37 bits per heavy atom. The zero-order valence-electron chi connectivity index (χ0n) is 12.3. The molecule has 0 spiro atoms. The van der Waals surface area contributed by atoms with Gasteiger partial charge in [-0.2, -0.15) is 8.42 Å². The molecule has 1 unspecified atom stereocenters. The fraction of sp³-hybridized carbons (Fsp3) is 0.867. The van der Waals surface area contributed by atoms with E-state index in [4.69, 9.17) is 4.55 Å². The second kappa shape index (κ2) is 11.5. The summed E-state index contributed by atoms with van der Waals surface area (Å²) in [5.74, 6) is 0. The summed E-state index contributed by atoms with van der Waals surface area (Å²) in [6, 6.07) is 0. The van der Waals surface area contributed by atoms with E-state index in [0.717, 1.165) is 19.3 Å². The molecule has 0 fully saturated rings. The molecule has 0 saturated carbocycles. The lowest BCUT2D eigenvalue weighted by Crippen LogP contribution is -2.17. The highest BCUT2D eigenvalue weighted by Crippen LogP contribution is 2.14. The van der Waals surface area contributed by atoms with E-state index >= 15 is 0 Å². The lowest BCUT2D eigenvalue weighted by atomic mass is 10.1. The first-order valence-corrected chi connectivity index (χ1v) is 9.11. The Hall–Kier alpha value is -0.350. The highest BCUT2D eigenvalue weighted by atomic mass is 32.2. The van der Waals surface area contributed by atoms with Crippen LogP contribution in [-0.2, 0) is 10.1 Å². The molecule has 1 N–H and O–H groups in total. The maximum Gasteiger partial charge on any atom is 0.271 e. The van der Waals surface area contributed by atoms with E-state index in [0.29, 0.717) is 6.42 Å². The van der Waals surface area contributed by atoms with E-state index in [1.165, 1.54) is 51.0 Å². The van der Waals surface area contributed by atoms with Crippen LogP contribution in [-0.4, -0.2) is 18.2 Å². The van der Waals surface area contributed by atoms with Crippen molar-refractivity contribution < 1.29 is 13.0 Å². The van der Waals surface area contributed by atoms with Gasteiger partial charge < -0.3 is 0 Å². The largest absolute Gasteiger partial charge is 0.285 e. The zero-order chi connectivity index (χ0) is 14.6. The van der Waals surface area contributed by atoms with Gasteiger partial charge in [-0.05, 0) is 6.42 Å². The van der Waals surface area contributed by atoms with Gasteiger partial charge in [-0.15, -0.1) is 6.58 Å². The molecule has 19 heavy (non-hydrogen) atoms. The van der Waals surface area contributed by atoms with Crippen LogP contribution in [0.5, 0.6) is 0 Å². The van der Waals surface area contributed by atoms with Gasteiger partial charge in [0.05, 0.1) is 0 Å². The molecular weight excluding hydrogens is 260 g/mol. The van der Waals surface area contributed by atoms with E-state index < -0.39 is 15.4 Å². The van der Waals surface area contributed by atoms with E-state index in [1.54, 1.807) is 0 Å².